The quantitative estimate of drug-likeness (QED) is 0.858. The number of hydrogen-bond acceptors (Lipinski definition) is 3. The van der Waals surface area contributed by atoms with Crippen molar-refractivity contribution in [1.82, 2.24) is 0 Å². The summed E-state index contributed by atoms with van der Waals surface area (Å²) < 4.78 is 9.89. The average Bonchev–Trinajstić information content (AvgIpc) is 2.44. The molecule has 2 rings (SSSR count). The Hall–Kier alpha value is -2.20. The Balaban J connectivity index is 2.38. The molecule has 0 aromatic heterocycles. The number of hydrogen-bond donors (Lipinski definition) is 1. The first-order valence-electron chi connectivity index (χ1n) is 5.88. The summed E-state index contributed by atoms with van der Waals surface area (Å²) >= 11 is 5.99. The van der Waals surface area contributed by atoms with Crippen molar-refractivity contribution in [3.05, 3.63) is 53.1 Å². The highest BCUT2D eigenvalue weighted by atomic mass is 35.5. The van der Waals surface area contributed by atoms with Crippen LogP contribution in [0, 0.1) is 0 Å². The first kappa shape index (κ1) is 14.2. The van der Waals surface area contributed by atoms with Gasteiger partial charge in [0, 0.05) is 10.6 Å². The molecule has 0 bridgehead atoms. The molecule has 0 spiro atoms. The summed E-state index contributed by atoms with van der Waals surface area (Å²) in [5.41, 5.74) is 2.47. The van der Waals surface area contributed by atoms with E-state index in [2.05, 4.69) is 4.74 Å². The van der Waals surface area contributed by atoms with Crippen molar-refractivity contribution in [2.24, 2.45) is 0 Å². The molecule has 0 aliphatic carbocycles. The SMILES string of the molecule is COc1ccc(COC(=O)O)cc1-c1cccc(Cl)c1. The Morgan fingerprint density at radius 3 is 2.70 bits per heavy atom. The summed E-state index contributed by atoms with van der Waals surface area (Å²) in [6, 6.07) is 12.7. The highest BCUT2D eigenvalue weighted by Crippen LogP contribution is 2.32. The maximum atomic E-state index is 10.4. The summed E-state index contributed by atoms with van der Waals surface area (Å²) in [7, 11) is 1.58. The molecular weight excluding hydrogens is 280 g/mol. The minimum absolute atomic E-state index is 0.00705. The molecule has 0 aliphatic rings. The van der Waals surface area contributed by atoms with Crippen molar-refractivity contribution >= 4 is 17.8 Å². The molecule has 0 saturated heterocycles. The van der Waals surface area contributed by atoms with Crippen LogP contribution in [0.1, 0.15) is 5.56 Å². The highest BCUT2D eigenvalue weighted by Gasteiger charge is 2.09. The maximum absolute atomic E-state index is 10.4. The number of halogens is 1. The third kappa shape index (κ3) is 3.42. The van der Waals surface area contributed by atoms with Crippen molar-refractivity contribution in [3.63, 3.8) is 0 Å². The molecule has 2 aromatic rings. The van der Waals surface area contributed by atoms with Gasteiger partial charge in [-0.05, 0) is 35.4 Å². The van der Waals surface area contributed by atoms with Crippen LogP contribution < -0.4 is 4.74 Å². The van der Waals surface area contributed by atoms with Crippen LogP contribution in [0.15, 0.2) is 42.5 Å². The molecule has 1 N–H and O–H groups in total. The highest BCUT2D eigenvalue weighted by molar-refractivity contribution is 6.30. The predicted octanol–water partition coefficient (Wildman–Crippen LogP) is 4.21. The Kier molecular flexibility index (Phi) is 4.48. The van der Waals surface area contributed by atoms with Gasteiger partial charge < -0.3 is 14.6 Å². The van der Waals surface area contributed by atoms with E-state index < -0.39 is 6.16 Å². The van der Waals surface area contributed by atoms with Crippen molar-refractivity contribution in [3.8, 4) is 16.9 Å². The van der Waals surface area contributed by atoms with Crippen LogP contribution in [0.25, 0.3) is 11.1 Å². The summed E-state index contributed by atoms with van der Waals surface area (Å²) in [6.07, 6.45) is -1.30. The lowest BCUT2D eigenvalue weighted by atomic mass is 10.0. The maximum Gasteiger partial charge on any atom is 0.506 e. The Morgan fingerprint density at radius 2 is 2.05 bits per heavy atom. The van der Waals surface area contributed by atoms with E-state index in [9.17, 15) is 4.79 Å². The topological polar surface area (TPSA) is 55.8 Å². The van der Waals surface area contributed by atoms with Crippen LogP contribution in [0.5, 0.6) is 5.75 Å². The molecule has 0 amide bonds. The van der Waals surface area contributed by atoms with Gasteiger partial charge in [0.05, 0.1) is 7.11 Å². The standard InChI is InChI=1S/C15H13ClO4/c1-19-14-6-5-10(9-20-15(17)18)7-13(14)11-3-2-4-12(16)8-11/h2-8H,9H2,1H3,(H,17,18). The first-order chi connectivity index (χ1) is 9.60. The fourth-order valence-corrected chi connectivity index (χ4v) is 2.06. The number of carboxylic acid groups (broad SMARTS) is 1. The second kappa shape index (κ2) is 6.30. The average molecular weight is 293 g/mol. The minimum atomic E-state index is -1.30. The lowest BCUT2D eigenvalue weighted by molar-refractivity contribution is 0.0854. The van der Waals surface area contributed by atoms with E-state index >= 15 is 0 Å². The number of methoxy groups -OCH3 is 1. The zero-order valence-corrected chi connectivity index (χ0v) is 11.6. The normalized spacial score (nSPS) is 10.1. The molecular formula is C15H13ClO4. The molecule has 20 heavy (non-hydrogen) atoms. The van der Waals surface area contributed by atoms with Gasteiger partial charge in [-0.1, -0.05) is 29.8 Å². The molecule has 2 aromatic carbocycles. The van der Waals surface area contributed by atoms with Gasteiger partial charge in [0.25, 0.3) is 0 Å². The fourth-order valence-electron chi connectivity index (χ4n) is 1.87. The van der Waals surface area contributed by atoms with Gasteiger partial charge in [-0.25, -0.2) is 4.79 Å². The summed E-state index contributed by atoms with van der Waals surface area (Å²) in [4.78, 5) is 10.4. The largest absolute Gasteiger partial charge is 0.506 e. The molecule has 0 atom stereocenters. The molecule has 4 nitrogen and oxygen atoms in total. The van der Waals surface area contributed by atoms with Gasteiger partial charge in [0.15, 0.2) is 0 Å². The van der Waals surface area contributed by atoms with E-state index in [1.54, 1.807) is 25.3 Å². The Labute approximate surface area is 121 Å². The number of ether oxygens (including phenoxy) is 2. The van der Waals surface area contributed by atoms with E-state index in [-0.39, 0.29) is 6.61 Å². The molecule has 104 valence electrons. The summed E-state index contributed by atoms with van der Waals surface area (Å²) in [6.45, 7) is -0.00705. The molecule has 0 unspecified atom stereocenters. The molecule has 0 radical (unpaired) electrons. The molecule has 5 heteroatoms. The van der Waals surface area contributed by atoms with Crippen molar-refractivity contribution in [2.45, 2.75) is 6.61 Å². The lowest BCUT2D eigenvalue weighted by Crippen LogP contribution is -2.00. The molecule has 0 aliphatic heterocycles. The summed E-state index contributed by atoms with van der Waals surface area (Å²) in [5, 5.41) is 9.16. The molecule has 0 fully saturated rings. The molecule has 0 heterocycles. The van der Waals surface area contributed by atoms with E-state index in [0.717, 1.165) is 16.7 Å². The fraction of sp³-hybridized carbons (Fsp3) is 0.133. The van der Waals surface area contributed by atoms with Gasteiger partial charge in [-0.3, -0.25) is 0 Å². The van der Waals surface area contributed by atoms with Gasteiger partial charge in [0.2, 0.25) is 0 Å². The second-order valence-electron chi connectivity index (χ2n) is 4.10. The van der Waals surface area contributed by atoms with Gasteiger partial charge in [0.1, 0.15) is 12.4 Å². The van der Waals surface area contributed by atoms with Crippen LogP contribution in [-0.2, 0) is 11.3 Å². The van der Waals surface area contributed by atoms with Crippen LogP contribution in [0.2, 0.25) is 5.02 Å². The lowest BCUT2D eigenvalue weighted by Gasteiger charge is -2.11. The van der Waals surface area contributed by atoms with Crippen LogP contribution in [-0.4, -0.2) is 18.4 Å². The van der Waals surface area contributed by atoms with Gasteiger partial charge in [-0.2, -0.15) is 0 Å². The third-order valence-electron chi connectivity index (χ3n) is 2.76. The van der Waals surface area contributed by atoms with E-state index in [0.29, 0.717) is 10.8 Å². The monoisotopic (exact) mass is 292 g/mol. The second-order valence-corrected chi connectivity index (χ2v) is 4.54. The smallest absolute Gasteiger partial charge is 0.496 e. The number of rotatable bonds is 4. The van der Waals surface area contributed by atoms with Crippen LogP contribution in [0.4, 0.5) is 4.79 Å². The number of carbonyl (C=O) groups is 1. The molecule has 0 saturated carbocycles. The van der Waals surface area contributed by atoms with Crippen LogP contribution >= 0.6 is 11.6 Å². The van der Waals surface area contributed by atoms with E-state index in [1.807, 2.05) is 24.3 Å². The zero-order valence-electron chi connectivity index (χ0n) is 10.8. The first-order valence-corrected chi connectivity index (χ1v) is 6.26. The zero-order chi connectivity index (χ0) is 14.5. The Bertz CT molecular complexity index is 625. The van der Waals surface area contributed by atoms with Gasteiger partial charge in [-0.15, -0.1) is 0 Å². The van der Waals surface area contributed by atoms with Crippen molar-refractivity contribution in [2.75, 3.05) is 7.11 Å². The Morgan fingerprint density at radius 1 is 1.25 bits per heavy atom. The third-order valence-corrected chi connectivity index (χ3v) is 3.00. The van der Waals surface area contributed by atoms with Gasteiger partial charge >= 0.3 is 6.16 Å². The van der Waals surface area contributed by atoms with Crippen molar-refractivity contribution in [1.29, 1.82) is 0 Å². The van der Waals surface area contributed by atoms with E-state index in [4.69, 9.17) is 21.4 Å². The van der Waals surface area contributed by atoms with Crippen molar-refractivity contribution < 1.29 is 19.4 Å². The summed E-state index contributed by atoms with van der Waals surface area (Å²) in [5.74, 6) is 0.686. The van der Waals surface area contributed by atoms with E-state index in [1.165, 1.54) is 0 Å². The predicted molar refractivity (Wildman–Crippen MR) is 76.3 cm³/mol. The minimum Gasteiger partial charge on any atom is -0.496 e. The van der Waals surface area contributed by atoms with Crippen LogP contribution in [0.3, 0.4) is 0 Å². The number of benzene rings is 2.